The maximum atomic E-state index is 13.7. The number of pyridine rings is 1. The summed E-state index contributed by atoms with van der Waals surface area (Å²) in [6, 6.07) is 7.21. The monoisotopic (exact) mass is 392 g/mol. The van der Waals surface area contributed by atoms with Crippen molar-refractivity contribution in [2.75, 3.05) is 6.54 Å². The second-order valence-electron chi connectivity index (χ2n) is 7.02. The Hall–Kier alpha value is -2.41. The Labute approximate surface area is 162 Å². The van der Waals surface area contributed by atoms with E-state index in [1.165, 1.54) is 12.1 Å². The third-order valence-electron chi connectivity index (χ3n) is 5.26. The molecule has 0 saturated carbocycles. The standard InChI is InChI=1S/C21H23F3N2O2/c1-2-14-10-11-17(25-13-14)19(26-12-6-5-9-18(26)20(27)28)15-7-3-4-8-16(15)21(22,23)24/h3-4,7-8,10-11,13,18-19H,2,5-6,9,12H2,1H3,(H,27,28). The number of carbonyl (C=O) groups is 1. The van der Waals surface area contributed by atoms with Gasteiger partial charge in [-0.3, -0.25) is 14.7 Å². The molecule has 0 radical (unpaired) electrons. The first-order chi connectivity index (χ1) is 13.3. The van der Waals surface area contributed by atoms with Gasteiger partial charge in [-0.2, -0.15) is 13.2 Å². The number of aliphatic carboxylic acids is 1. The predicted octanol–water partition coefficient (Wildman–Crippen LogP) is 4.69. The number of piperidine rings is 1. The van der Waals surface area contributed by atoms with E-state index in [1.54, 1.807) is 23.2 Å². The van der Waals surface area contributed by atoms with Gasteiger partial charge in [0.25, 0.3) is 0 Å². The van der Waals surface area contributed by atoms with E-state index < -0.39 is 29.8 Å². The second kappa shape index (κ2) is 8.31. The number of hydrogen-bond donors (Lipinski definition) is 1. The van der Waals surface area contributed by atoms with Crippen LogP contribution in [-0.4, -0.2) is 33.5 Å². The van der Waals surface area contributed by atoms with Crippen LogP contribution < -0.4 is 0 Å². The normalized spacial score (nSPS) is 19.4. The number of nitrogens with zero attached hydrogens (tertiary/aromatic N) is 2. The van der Waals surface area contributed by atoms with Crippen molar-refractivity contribution in [3.05, 3.63) is 65.0 Å². The summed E-state index contributed by atoms with van der Waals surface area (Å²) >= 11 is 0. The molecule has 2 unspecified atom stereocenters. The van der Waals surface area contributed by atoms with Crippen LogP contribution in [0, 0.1) is 0 Å². The molecule has 0 aliphatic carbocycles. The van der Waals surface area contributed by atoms with E-state index in [0.29, 0.717) is 18.7 Å². The van der Waals surface area contributed by atoms with Crippen molar-refractivity contribution in [3.63, 3.8) is 0 Å². The van der Waals surface area contributed by atoms with Gasteiger partial charge in [-0.15, -0.1) is 0 Å². The number of rotatable bonds is 5. The Bertz CT molecular complexity index is 821. The molecule has 1 aliphatic rings. The predicted molar refractivity (Wildman–Crippen MR) is 98.9 cm³/mol. The number of benzene rings is 1. The molecular formula is C21H23F3N2O2. The van der Waals surface area contributed by atoms with Gasteiger partial charge in [0, 0.05) is 6.20 Å². The molecule has 1 aliphatic heterocycles. The molecule has 1 N–H and O–H groups in total. The van der Waals surface area contributed by atoms with Crippen LogP contribution in [0.25, 0.3) is 0 Å². The number of aryl methyl sites for hydroxylation is 1. The van der Waals surface area contributed by atoms with Gasteiger partial charge < -0.3 is 5.11 Å². The first-order valence-electron chi connectivity index (χ1n) is 9.42. The lowest BCUT2D eigenvalue weighted by Gasteiger charge is -2.39. The van der Waals surface area contributed by atoms with Crippen molar-refractivity contribution in [3.8, 4) is 0 Å². The lowest BCUT2D eigenvalue weighted by Crippen LogP contribution is -2.47. The van der Waals surface area contributed by atoms with Crippen LogP contribution in [0.1, 0.15) is 54.6 Å². The molecule has 0 bridgehead atoms. The Morgan fingerprint density at radius 3 is 2.61 bits per heavy atom. The molecule has 2 aromatic rings. The number of carboxylic acids is 1. The van der Waals surface area contributed by atoms with Crippen LogP contribution in [0.2, 0.25) is 0 Å². The Morgan fingerprint density at radius 2 is 2.00 bits per heavy atom. The highest BCUT2D eigenvalue weighted by molar-refractivity contribution is 5.73. The van der Waals surface area contributed by atoms with Crippen molar-refractivity contribution >= 4 is 5.97 Å². The Kier molecular flexibility index (Phi) is 6.03. The highest BCUT2D eigenvalue weighted by Gasteiger charge is 2.41. The number of aromatic nitrogens is 1. The van der Waals surface area contributed by atoms with E-state index in [1.807, 2.05) is 13.0 Å². The maximum absolute atomic E-state index is 13.7. The zero-order chi connectivity index (χ0) is 20.3. The van der Waals surface area contributed by atoms with Gasteiger partial charge in [0.15, 0.2) is 0 Å². The summed E-state index contributed by atoms with van der Waals surface area (Å²) in [5.74, 6) is -1.01. The number of hydrogen-bond acceptors (Lipinski definition) is 3. The maximum Gasteiger partial charge on any atom is 0.416 e. The average Bonchev–Trinajstić information content (AvgIpc) is 2.68. The lowest BCUT2D eigenvalue weighted by molar-refractivity contribution is -0.145. The fraction of sp³-hybridized carbons (Fsp3) is 0.429. The van der Waals surface area contributed by atoms with E-state index in [2.05, 4.69) is 4.98 Å². The molecule has 2 atom stereocenters. The molecule has 0 amide bonds. The lowest BCUT2D eigenvalue weighted by atomic mass is 9.91. The summed E-state index contributed by atoms with van der Waals surface area (Å²) in [6.07, 6.45) is -0.235. The number of halogens is 3. The molecule has 7 heteroatoms. The molecule has 1 fully saturated rings. The van der Waals surface area contributed by atoms with Gasteiger partial charge in [-0.05, 0) is 49.1 Å². The topological polar surface area (TPSA) is 53.4 Å². The van der Waals surface area contributed by atoms with Crippen LogP contribution in [0.3, 0.4) is 0 Å². The summed E-state index contributed by atoms with van der Waals surface area (Å²) in [4.78, 5) is 17.9. The van der Waals surface area contributed by atoms with Gasteiger partial charge in [0.2, 0.25) is 0 Å². The Morgan fingerprint density at radius 1 is 1.25 bits per heavy atom. The van der Waals surface area contributed by atoms with Crippen LogP contribution in [-0.2, 0) is 17.4 Å². The Balaban J connectivity index is 2.16. The molecule has 1 aromatic heterocycles. The van der Waals surface area contributed by atoms with Crippen molar-refractivity contribution in [1.29, 1.82) is 0 Å². The summed E-state index contributed by atoms with van der Waals surface area (Å²) in [6.45, 7) is 2.38. The molecule has 0 spiro atoms. The molecule has 1 saturated heterocycles. The van der Waals surface area contributed by atoms with Crippen molar-refractivity contribution in [2.45, 2.75) is 50.9 Å². The third-order valence-corrected chi connectivity index (χ3v) is 5.26. The fourth-order valence-electron chi connectivity index (χ4n) is 3.84. The number of likely N-dealkylation sites (tertiary alicyclic amines) is 1. The van der Waals surface area contributed by atoms with Crippen molar-refractivity contribution < 1.29 is 23.1 Å². The highest BCUT2D eigenvalue weighted by atomic mass is 19.4. The summed E-state index contributed by atoms with van der Waals surface area (Å²) < 4.78 is 41.1. The quantitative estimate of drug-likeness (QED) is 0.802. The molecular weight excluding hydrogens is 369 g/mol. The largest absolute Gasteiger partial charge is 0.480 e. The van der Waals surface area contributed by atoms with E-state index in [9.17, 15) is 23.1 Å². The molecule has 28 heavy (non-hydrogen) atoms. The van der Waals surface area contributed by atoms with Gasteiger partial charge >= 0.3 is 12.1 Å². The smallest absolute Gasteiger partial charge is 0.416 e. The van der Waals surface area contributed by atoms with E-state index >= 15 is 0 Å². The minimum absolute atomic E-state index is 0.0416. The molecule has 3 rings (SSSR count). The molecule has 1 aromatic carbocycles. The number of carboxylic acid groups (broad SMARTS) is 1. The highest BCUT2D eigenvalue weighted by Crippen LogP contribution is 2.40. The fourth-order valence-corrected chi connectivity index (χ4v) is 3.84. The molecule has 2 heterocycles. The summed E-state index contributed by atoms with van der Waals surface area (Å²) in [7, 11) is 0. The zero-order valence-electron chi connectivity index (χ0n) is 15.6. The second-order valence-corrected chi connectivity index (χ2v) is 7.02. The van der Waals surface area contributed by atoms with Crippen LogP contribution in [0.15, 0.2) is 42.6 Å². The van der Waals surface area contributed by atoms with E-state index in [-0.39, 0.29) is 5.56 Å². The number of alkyl halides is 3. The molecule has 150 valence electrons. The van der Waals surface area contributed by atoms with Gasteiger partial charge in [0.05, 0.1) is 17.3 Å². The zero-order valence-corrected chi connectivity index (χ0v) is 15.6. The van der Waals surface area contributed by atoms with Crippen molar-refractivity contribution in [1.82, 2.24) is 9.88 Å². The van der Waals surface area contributed by atoms with Gasteiger partial charge in [-0.25, -0.2) is 0 Å². The van der Waals surface area contributed by atoms with Gasteiger partial charge in [0.1, 0.15) is 6.04 Å². The third kappa shape index (κ3) is 4.19. The van der Waals surface area contributed by atoms with Crippen molar-refractivity contribution in [2.24, 2.45) is 0 Å². The summed E-state index contributed by atoms with van der Waals surface area (Å²) in [5, 5.41) is 9.68. The van der Waals surface area contributed by atoms with Crippen LogP contribution >= 0.6 is 0 Å². The minimum Gasteiger partial charge on any atom is -0.480 e. The SMILES string of the molecule is CCc1ccc(C(c2ccccc2C(F)(F)F)N2CCCCC2C(=O)O)nc1. The van der Waals surface area contributed by atoms with Crippen LogP contribution in [0.4, 0.5) is 13.2 Å². The first kappa shape index (κ1) is 20.3. The van der Waals surface area contributed by atoms with E-state index in [0.717, 1.165) is 30.9 Å². The van der Waals surface area contributed by atoms with Gasteiger partial charge in [-0.1, -0.05) is 37.6 Å². The van der Waals surface area contributed by atoms with Crippen LogP contribution in [0.5, 0.6) is 0 Å². The average molecular weight is 392 g/mol. The first-order valence-corrected chi connectivity index (χ1v) is 9.42. The van der Waals surface area contributed by atoms with E-state index in [4.69, 9.17) is 0 Å². The molecule has 4 nitrogen and oxygen atoms in total. The minimum atomic E-state index is -4.54. The summed E-state index contributed by atoms with van der Waals surface area (Å²) in [5.41, 5.74) is 0.693.